The third-order valence-corrected chi connectivity index (χ3v) is 2.55. The molecule has 1 rings (SSSR count). The van der Waals surface area contributed by atoms with Crippen LogP contribution in [-0.2, 0) is 16.0 Å². The van der Waals surface area contributed by atoms with Crippen LogP contribution in [0.25, 0.3) is 0 Å². The molecule has 1 aromatic rings. The van der Waals surface area contributed by atoms with Crippen molar-refractivity contribution < 1.29 is 9.59 Å². The van der Waals surface area contributed by atoms with E-state index in [0.717, 1.165) is 5.69 Å². The molecule has 88 valence electrons. The second kappa shape index (κ2) is 6.95. The summed E-state index contributed by atoms with van der Waals surface area (Å²) in [5.41, 5.74) is 2.70. The minimum Gasteiger partial charge on any atom is -0.355 e. The average Bonchev–Trinajstić information content (AvgIpc) is 2.74. The maximum atomic E-state index is 11.3. The lowest BCUT2D eigenvalue weighted by molar-refractivity contribution is -0.122. The predicted molar refractivity (Wildman–Crippen MR) is 62.1 cm³/mol. The van der Waals surface area contributed by atoms with E-state index in [1.165, 1.54) is 18.3 Å². The molecule has 0 atom stereocenters. The zero-order valence-corrected chi connectivity index (χ0v) is 9.97. The number of nitrogens with zero attached hydrogens (tertiary/aromatic N) is 1. The molecule has 0 unspecified atom stereocenters. The highest BCUT2D eigenvalue weighted by atomic mass is 32.1. The lowest BCUT2D eigenvalue weighted by Gasteiger charge is -2.04. The molecule has 1 heterocycles. The number of carbonyl (C=O) groups is 2. The minimum absolute atomic E-state index is 0.0154. The van der Waals surface area contributed by atoms with Gasteiger partial charge in [0.15, 0.2) is 0 Å². The van der Waals surface area contributed by atoms with E-state index in [2.05, 4.69) is 15.6 Å². The highest BCUT2D eigenvalue weighted by Gasteiger charge is 2.02. The van der Waals surface area contributed by atoms with Crippen molar-refractivity contribution in [2.75, 3.05) is 13.1 Å². The topological polar surface area (TPSA) is 71.1 Å². The molecule has 0 saturated heterocycles. The Morgan fingerprint density at radius 2 is 2.12 bits per heavy atom. The molecule has 0 aliphatic rings. The van der Waals surface area contributed by atoms with Gasteiger partial charge >= 0.3 is 0 Å². The van der Waals surface area contributed by atoms with Crippen LogP contribution in [0.1, 0.15) is 19.0 Å². The van der Waals surface area contributed by atoms with Crippen molar-refractivity contribution in [2.24, 2.45) is 0 Å². The van der Waals surface area contributed by atoms with Gasteiger partial charge in [-0.15, -0.1) is 11.3 Å². The van der Waals surface area contributed by atoms with Crippen LogP contribution >= 0.6 is 11.3 Å². The molecular weight excluding hydrogens is 226 g/mol. The summed E-state index contributed by atoms with van der Waals surface area (Å²) in [7, 11) is 0. The molecule has 0 spiro atoms. The maximum Gasteiger partial charge on any atom is 0.220 e. The first kappa shape index (κ1) is 12.6. The monoisotopic (exact) mass is 241 g/mol. The van der Waals surface area contributed by atoms with Crippen molar-refractivity contribution in [3.63, 3.8) is 0 Å². The molecular formula is C10H15N3O2S. The van der Waals surface area contributed by atoms with Gasteiger partial charge in [-0.25, -0.2) is 4.98 Å². The second-order valence-corrected chi connectivity index (χ2v) is 4.03. The van der Waals surface area contributed by atoms with E-state index in [1.54, 1.807) is 5.51 Å². The van der Waals surface area contributed by atoms with Crippen molar-refractivity contribution in [1.82, 2.24) is 15.6 Å². The summed E-state index contributed by atoms with van der Waals surface area (Å²) in [6.45, 7) is 2.39. The summed E-state index contributed by atoms with van der Waals surface area (Å²) in [5.74, 6) is -0.102. The van der Waals surface area contributed by atoms with Crippen molar-refractivity contribution in [1.29, 1.82) is 0 Å². The molecule has 0 aliphatic heterocycles. The van der Waals surface area contributed by atoms with E-state index < -0.39 is 0 Å². The standard InChI is InChI=1S/C10H15N3O2S/c1-8(14)11-4-5-12-10(15)3-2-9-6-16-7-13-9/h6-7H,2-5H2,1H3,(H,11,14)(H,12,15). The largest absolute Gasteiger partial charge is 0.355 e. The predicted octanol–water partition coefficient (Wildman–Crippen LogP) is 0.328. The van der Waals surface area contributed by atoms with Gasteiger partial charge < -0.3 is 10.6 Å². The van der Waals surface area contributed by atoms with Gasteiger partial charge in [0.05, 0.1) is 11.2 Å². The van der Waals surface area contributed by atoms with Crippen LogP contribution in [-0.4, -0.2) is 29.9 Å². The van der Waals surface area contributed by atoms with Crippen molar-refractivity contribution in [3.05, 3.63) is 16.6 Å². The van der Waals surface area contributed by atoms with E-state index in [-0.39, 0.29) is 11.8 Å². The fourth-order valence-electron chi connectivity index (χ4n) is 1.13. The average molecular weight is 241 g/mol. The van der Waals surface area contributed by atoms with Gasteiger partial charge in [0.1, 0.15) is 0 Å². The number of aryl methyl sites for hydroxylation is 1. The Balaban J connectivity index is 2.05. The minimum atomic E-state index is -0.0864. The summed E-state index contributed by atoms with van der Waals surface area (Å²) < 4.78 is 0. The zero-order valence-electron chi connectivity index (χ0n) is 9.16. The molecule has 0 aliphatic carbocycles. The molecule has 5 nitrogen and oxygen atoms in total. The summed E-state index contributed by atoms with van der Waals surface area (Å²) in [5, 5.41) is 7.26. The maximum absolute atomic E-state index is 11.3. The number of amides is 2. The van der Waals surface area contributed by atoms with Gasteiger partial charge in [0.25, 0.3) is 0 Å². The van der Waals surface area contributed by atoms with Crippen molar-refractivity contribution >= 4 is 23.2 Å². The highest BCUT2D eigenvalue weighted by Crippen LogP contribution is 2.03. The molecule has 0 saturated carbocycles. The number of rotatable bonds is 6. The summed E-state index contributed by atoms with van der Waals surface area (Å²) in [4.78, 5) is 26.0. The van der Waals surface area contributed by atoms with Gasteiger partial charge in [0, 0.05) is 31.8 Å². The number of aromatic nitrogens is 1. The van der Waals surface area contributed by atoms with Crippen LogP contribution in [0.2, 0.25) is 0 Å². The molecule has 0 fully saturated rings. The van der Waals surface area contributed by atoms with Crippen LogP contribution in [0.4, 0.5) is 0 Å². The number of thiazole rings is 1. The van der Waals surface area contributed by atoms with E-state index >= 15 is 0 Å². The van der Waals surface area contributed by atoms with E-state index in [9.17, 15) is 9.59 Å². The molecule has 1 aromatic heterocycles. The summed E-state index contributed by atoms with van der Waals surface area (Å²) >= 11 is 1.53. The molecule has 2 N–H and O–H groups in total. The smallest absolute Gasteiger partial charge is 0.220 e. The highest BCUT2D eigenvalue weighted by molar-refractivity contribution is 7.07. The Hall–Kier alpha value is -1.43. The van der Waals surface area contributed by atoms with E-state index in [1.807, 2.05) is 5.38 Å². The van der Waals surface area contributed by atoms with E-state index in [4.69, 9.17) is 0 Å². The second-order valence-electron chi connectivity index (χ2n) is 3.31. The molecule has 0 radical (unpaired) electrons. The lowest BCUT2D eigenvalue weighted by Crippen LogP contribution is -2.33. The van der Waals surface area contributed by atoms with Gasteiger partial charge in [0.2, 0.25) is 11.8 Å². The molecule has 2 amide bonds. The normalized spacial score (nSPS) is 9.81. The summed E-state index contributed by atoms with van der Waals surface area (Å²) in [6, 6.07) is 0. The third kappa shape index (κ3) is 5.45. The number of carbonyl (C=O) groups excluding carboxylic acids is 2. The third-order valence-electron chi connectivity index (χ3n) is 1.91. The van der Waals surface area contributed by atoms with Gasteiger partial charge in [-0.3, -0.25) is 9.59 Å². The number of nitrogens with one attached hydrogen (secondary N) is 2. The number of hydrogen-bond acceptors (Lipinski definition) is 4. The van der Waals surface area contributed by atoms with Gasteiger partial charge in [-0.05, 0) is 6.42 Å². The fraction of sp³-hybridized carbons (Fsp3) is 0.500. The van der Waals surface area contributed by atoms with Crippen LogP contribution in [0.3, 0.4) is 0 Å². The van der Waals surface area contributed by atoms with Crippen LogP contribution in [0.15, 0.2) is 10.9 Å². The van der Waals surface area contributed by atoms with Crippen molar-refractivity contribution in [3.8, 4) is 0 Å². The fourth-order valence-corrected chi connectivity index (χ4v) is 1.72. The Bertz CT molecular complexity index is 338. The van der Waals surface area contributed by atoms with Gasteiger partial charge in [-0.2, -0.15) is 0 Å². The molecule has 0 aromatic carbocycles. The van der Waals surface area contributed by atoms with E-state index in [0.29, 0.717) is 25.9 Å². The summed E-state index contributed by atoms with van der Waals surface area (Å²) in [6.07, 6.45) is 1.10. The van der Waals surface area contributed by atoms with Crippen molar-refractivity contribution in [2.45, 2.75) is 19.8 Å². The number of hydrogen-bond donors (Lipinski definition) is 2. The van der Waals surface area contributed by atoms with Crippen LogP contribution in [0.5, 0.6) is 0 Å². The van der Waals surface area contributed by atoms with Crippen LogP contribution in [0, 0.1) is 0 Å². The molecule has 0 bridgehead atoms. The molecule has 16 heavy (non-hydrogen) atoms. The SMILES string of the molecule is CC(=O)NCCNC(=O)CCc1cscn1. The Morgan fingerprint density at radius 1 is 1.38 bits per heavy atom. The zero-order chi connectivity index (χ0) is 11.8. The van der Waals surface area contributed by atoms with Gasteiger partial charge in [-0.1, -0.05) is 0 Å². The first-order chi connectivity index (χ1) is 7.68. The van der Waals surface area contributed by atoms with Crippen LogP contribution < -0.4 is 10.6 Å². The Labute approximate surface area is 98.3 Å². The first-order valence-corrected chi connectivity index (χ1v) is 6.01. The first-order valence-electron chi connectivity index (χ1n) is 5.06. The quantitative estimate of drug-likeness (QED) is 0.705. The molecule has 6 heteroatoms. The Morgan fingerprint density at radius 3 is 2.75 bits per heavy atom. The Kier molecular flexibility index (Phi) is 5.49. The lowest BCUT2D eigenvalue weighted by atomic mass is 10.2.